The van der Waals surface area contributed by atoms with E-state index in [9.17, 15) is 18.0 Å². The molecule has 3 aliphatic rings. The highest BCUT2D eigenvalue weighted by atomic mass is 35.5. The molecule has 0 bridgehead atoms. The maximum atomic E-state index is 14.5. The van der Waals surface area contributed by atoms with Crippen LogP contribution in [0.15, 0.2) is 53.5 Å². The number of amides is 1. The third kappa shape index (κ3) is 4.97. The molecular formula is C24H22ClF3N6O. The summed E-state index contributed by atoms with van der Waals surface area (Å²) >= 11 is 6.11. The van der Waals surface area contributed by atoms with Gasteiger partial charge in [-0.1, -0.05) is 11.6 Å². The molecule has 1 aromatic heterocycles. The van der Waals surface area contributed by atoms with Crippen molar-refractivity contribution in [3.8, 4) is 0 Å². The number of nitrogens with zero attached hydrogens (tertiary/aromatic N) is 3. The Labute approximate surface area is 204 Å². The molecule has 0 saturated carbocycles. The van der Waals surface area contributed by atoms with Gasteiger partial charge in [0.2, 0.25) is 0 Å². The van der Waals surface area contributed by atoms with Crippen LogP contribution in [0.3, 0.4) is 0 Å². The summed E-state index contributed by atoms with van der Waals surface area (Å²) in [7, 11) is 0. The molecule has 3 aliphatic heterocycles. The fraction of sp³-hybridized carbons (Fsp3) is 0.292. The smallest absolute Gasteiger partial charge is 0.254 e. The van der Waals surface area contributed by atoms with Gasteiger partial charge in [0.1, 0.15) is 17.8 Å². The number of anilines is 1. The van der Waals surface area contributed by atoms with E-state index in [1.54, 1.807) is 23.4 Å². The van der Waals surface area contributed by atoms with Gasteiger partial charge in [-0.2, -0.15) is 0 Å². The molecule has 3 N–H and O–H groups in total. The highest BCUT2D eigenvalue weighted by Crippen LogP contribution is 2.31. The van der Waals surface area contributed by atoms with Gasteiger partial charge in [-0.3, -0.25) is 4.79 Å². The van der Waals surface area contributed by atoms with Crippen LogP contribution in [0, 0.1) is 23.4 Å². The minimum atomic E-state index is -0.796. The van der Waals surface area contributed by atoms with Crippen LogP contribution < -0.4 is 16.0 Å². The van der Waals surface area contributed by atoms with Gasteiger partial charge in [-0.15, -0.1) is 0 Å². The molecule has 0 aliphatic carbocycles. The first kappa shape index (κ1) is 23.2. The highest BCUT2D eigenvalue weighted by molar-refractivity contribution is 6.31. The Balaban J connectivity index is 1.26. The first-order valence-electron chi connectivity index (χ1n) is 11.2. The van der Waals surface area contributed by atoms with E-state index in [2.05, 4.69) is 25.9 Å². The van der Waals surface area contributed by atoms with Crippen LogP contribution in [-0.2, 0) is 0 Å². The Kier molecular flexibility index (Phi) is 6.38. The SMILES string of the molecule is O=C(c1cc(F)cc(F)c1)N1CCC[C@H](CNc2nc(C3=CNC4NC=C(Cl)C=C34)ncc2F)C1. The van der Waals surface area contributed by atoms with Crippen LogP contribution in [0.2, 0.25) is 0 Å². The van der Waals surface area contributed by atoms with Crippen LogP contribution in [0.5, 0.6) is 0 Å². The summed E-state index contributed by atoms with van der Waals surface area (Å²) in [6, 6.07) is 2.79. The van der Waals surface area contributed by atoms with Crippen LogP contribution >= 0.6 is 11.6 Å². The van der Waals surface area contributed by atoms with Crippen LogP contribution in [0.25, 0.3) is 5.57 Å². The normalized spacial score (nSPS) is 21.3. The number of allylic oxidation sites excluding steroid dienone is 2. The Morgan fingerprint density at radius 2 is 1.94 bits per heavy atom. The van der Waals surface area contributed by atoms with E-state index in [0.717, 1.165) is 42.8 Å². The van der Waals surface area contributed by atoms with Gasteiger partial charge in [0.25, 0.3) is 5.91 Å². The number of piperidine rings is 1. The number of dihydropyridines is 1. The van der Waals surface area contributed by atoms with E-state index < -0.39 is 23.4 Å². The molecule has 0 radical (unpaired) electrons. The van der Waals surface area contributed by atoms with Crippen molar-refractivity contribution < 1.29 is 18.0 Å². The van der Waals surface area contributed by atoms with Crippen LogP contribution in [0.4, 0.5) is 19.0 Å². The fourth-order valence-corrected chi connectivity index (χ4v) is 4.66. The topological polar surface area (TPSA) is 82.2 Å². The molecule has 11 heteroatoms. The predicted molar refractivity (Wildman–Crippen MR) is 126 cm³/mol. The summed E-state index contributed by atoms with van der Waals surface area (Å²) in [5, 5.41) is 9.84. The number of aromatic nitrogens is 2. The second-order valence-electron chi connectivity index (χ2n) is 8.64. The zero-order chi connectivity index (χ0) is 24.5. The number of benzene rings is 1. The standard InChI is InChI=1S/C24H22ClF3N6O/c25-15-6-18-19(10-31-21(18)30-9-15)22-32-11-20(28)23(33-22)29-8-13-2-1-3-34(12-13)24(35)14-4-16(26)7-17(27)5-14/h4-7,9-11,13,21,30-31H,1-3,8,12H2,(H,29,32,33)/t13-,21?/m1/s1. The number of hydrogen-bond donors (Lipinski definition) is 3. The van der Waals surface area contributed by atoms with Crippen molar-refractivity contribution in [2.24, 2.45) is 5.92 Å². The third-order valence-electron chi connectivity index (χ3n) is 6.16. The van der Waals surface area contributed by atoms with E-state index in [-0.39, 0.29) is 23.5 Å². The van der Waals surface area contributed by atoms with Crippen molar-refractivity contribution in [1.29, 1.82) is 0 Å². The first-order chi connectivity index (χ1) is 16.9. The van der Waals surface area contributed by atoms with E-state index in [4.69, 9.17) is 11.6 Å². The second-order valence-corrected chi connectivity index (χ2v) is 9.08. The van der Waals surface area contributed by atoms with Gasteiger partial charge in [0.05, 0.1) is 11.2 Å². The van der Waals surface area contributed by atoms with Gasteiger partial charge in [0, 0.05) is 54.8 Å². The zero-order valence-corrected chi connectivity index (χ0v) is 19.2. The maximum Gasteiger partial charge on any atom is 0.254 e. The van der Waals surface area contributed by atoms with Gasteiger partial charge in [-0.05, 0) is 37.0 Å². The lowest BCUT2D eigenvalue weighted by Gasteiger charge is -2.33. The quantitative estimate of drug-likeness (QED) is 0.578. The number of hydrogen-bond acceptors (Lipinski definition) is 6. The second kappa shape index (κ2) is 9.61. The summed E-state index contributed by atoms with van der Waals surface area (Å²) in [5.74, 6) is -2.20. The summed E-state index contributed by atoms with van der Waals surface area (Å²) in [5.41, 5.74) is 1.53. The molecule has 1 saturated heterocycles. The molecule has 4 heterocycles. The van der Waals surface area contributed by atoms with Crippen molar-refractivity contribution >= 4 is 28.9 Å². The zero-order valence-electron chi connectivity index (χ0n) is 18.5. The molecule has 2 atom stereocenters. The maximum absolute atomic E-state index is 14.5. The van der Waals surface area contributed by atoms with Crippen LogP contribution in [-0.4, -0.2) is 46.6 Å². The number of nitrogens with one attached hydrogen (secondary N) is 3. The lowest BCUT2D eigenvalue weighted by molar-refractivity contribution is 0.0679. The highest BCUT2D eigenvalue weighted by Gasteiger charge is 2.29. The molecule has 35 heavy (non-hydrogen) atoms. The largest absolute Gasteiger partial charge is 0.367 e. The lowest BCUT2D eigenvalue weighted by atomic mass is 9.97. The number of halogens is 4. The van der Waals surface area contributed by atoms with Gasteiger partial charge in [-0.25, -0.2) is 23.1 Å². The number of carbonyl (C=O) groups is 1. The molecule has 1 fully saturated rings. The van der Waals surface area contributed by atoms with E-state index in [1.165, 1.54) is 0 Å². The van der Waals surface area contributed by atoms with Crippen molar-refractivity contribution in [1.82, 2.24) is 25.5 Å². The van der Waals surface area contributed by atoms with Crippen molar-refractivity contribution in [2.45, 2.75) is 19.0 Å². The van der Waals surface area contributed by atoms with E-state index in [0.29, 0.717) is 36.1 Å². The molecule has 5 rings (SSSR count). The average Bonchev–Trinajstić information content (AvgIpc) is 3.25. The van der Waals surface area contributed by atoms with Gasteiger partial charge >= 0.3 is 0 Å². The minimum absolute atomic E-state index is 0.00913. The van der Waals surface area contributed by atoms with Crippen molar-refractivity contribution in [3.05, 3.63) is 82.3 Å². The summed E-state index contributed by atoms with van der Waals surface area (Å²) < 4.78 is 41.6. The number of fused-ring (bicyclic) bond motifs is 1. The molecule has 7 nitrogen and oxygen atoms in total. The monoisotopic (exact) mass is 502 g/mol. The lowest BCUT2D eigenvalue weighted by Crippen LogP contribution is -2.42. The fourth-order valence-electron chi connectivity index (χ4n) is 4.48. The number of carbonyl (C=O) groups excluding carboxylic acids is 1. The van der Waals surface area contributed by atoms with Crippen molar-refractivity contribution in [3.63, 3.8) is 0 Å². The number of likely N-dealkylation sites (tertiary alicyclic amines) is 1. The van der Waals surface area contributed by atoms with Crippen molar-refractivity contribution in [2.75, 3.05) is 25.0 Å². The Hall–Kier alpha value is -3.53. The summed E-state index contributed by atoms with van der Waals surface area (Å²) in [4.78, 5) is 22.8. The predicted octanol–water partition coefficient (Wildman–Crippen LogP) is 3.74. The summed E-state index contributed by atoms with van der Waals surface area (Å²) in [6.45, 7) is 1.24. The van der Waals surface area contributed by atoms with E-state index >= 15 is 0 Å². The van der Waals surface area contributed by atoms with Crippen LogP contribution in [0.1, 0.15) is 29.0 Å². The summed E-state index contributed by atoms with van der Waals surface area (Å²) in [6.07, 6.45) is 7.73. The third-order valence-corrected chi connectivity index (χ3v) is 6.37. The Morgan fingerprint density at radius 3 is 2.74 bits per heavy atom. The van der Waals surface area contributed by atoms with Gasteiger partial charge in [0.15, 0.2) is 17.5 Å². The van der Waals surface area contributed by atoms with E-state index in [1.807, 2.05) is 0 Å². The molecule has 0 spiro atoms. The Morgan fingerprint density at radius 1 is 1.17 bits per heavy atom. The average molecular weight is 503 g/mol. The Bertz CT molecular complexity index is 1240. The van der Waals surface area contributed by atoms with Gasteiger partial charge < -0.3 is 20.9 Å². The molecule has 2 aromatic rings. The minimum Gasteiger partial charge on any atom is -0.367 e. The molecule has 1 aromatic carbocycles. The molecule has 1 amide bonds. The molecular weight excluding hydrogens is 481 g/mol. The number of rotatable bonds is 5. The first-order valence-corrected chi connectivity index (χ1v) is 11.6. The molecule has 1 unspecified atom stereocenters. The molecule has 182 valence electrons.